The molecule has 2 rings (SSSR count). The highest BCUT2D eigenvalue weighted by Gasteiger charge is 2.14. The van der Waals surface area contributed by atoms with E-state index in [-0.39, 0.29) is 12.4 Å². The quantitative estimate of drug-likeness (QED) is 0.437. The number of rotatable bonds is 3. The molecule has 17 heavy (non-hydrogen) atoms. The van der Waals surface area contributed by atoms with Crippen LogP contribution in [0.2, 0.25) is 0 Å². The Labute approximate surface area is 97.7 Å². The molecule has 0 atom stereocenters. The van der Waals surface area contributed by atoms with Crippen molar-refractivity contribution in [1.29, 1.82) is 0 Å². The predicted molar refractivity (Wildman–Crippen MR) is 57.7 cm³/mol. The molecule has 2 aromatic rings. The summed E-state index contributed by atoms with van der Waals surface area (Å²) in [5.41, 5.74) is 0.429. The Bertz CT molecular complexity index is 536. The molecule has 0 aliphatic carbocycles. The number of hydrogen-bond donors (Lipinski definition) is 0. The highest BCUT2D eigenvalue weighted by molar-refractivity contribution is 5.87. The molecule has 6 heteroatoms. The van der Waals surface area contributed by atoms with Crippen LogP contribution in [0.15, 0.2) is 36.8 Å². The van der Waals surface area contributed by atoms with Gasteiger partial charge in [0.1, 0.15) is 11.9 Å². The Balaban J connectivity index is 2.02. The van der Waals surface area contributed by atoms with Crippen LogP contribution in [0.5, 0.6) is 0 Å². The van der Waals surface area contributed by atoms with E-state index in [2.05, 4.69) is 4.98 Å². The highest BCUT2D eigenvalue weighted by atomic mass is 16.5. The first-order valence-corrected chi connectivity index (χ1v) is 5.00. The lowest BCUT2D eigenvalue weighted by Crippen LogP contribution is -2.33. The van der Waals surface area contributed by atoms with E-state index >= 15 is 0 Å². The van der Waals surface area contributed by atoms with Crippen molar-refractivity contribution in [2.45, 2.75) is 6.61 Å². The second-order valence-electron chi connectivity index (χ2n) is 3.44. The number of hydrogen-bond acceptors (Lipinski definition) is 4. The molecule has 0 amide bonds. The van der Waals surface area contributed by atoms with Gasteiger partial charge in [0.25, 0.3) is 0 Å². The Kier molecular flexibility index (Phi) is 3.04. The normalized spacial score (nSPS) is 10.2. The van der Waals surface area contributed by atoms with Gasteiger partial charge in [-0.15, -0.1) is 0 Å². The first-order valence-electron chi connectivity index (χ1n) is 5.00. The molecule has 0 saturated heterocycles. The molecule has 0 aromatic carbocycles. The van der Waals surface area contributed by atoms with E-state index in [1.54, 1.807) is 29.9 Å². The second kappa shape index (κ2) is 4.65. The van der Waals surface area contributed by atoms with Crippen LogP contribution in [0.4, 0.5) is 0 Å². The van der Waals surface area contributed by atoms with E-state index in [9.17, 15) is 10.0 Å². The number of esters is 1. The number of aromatic nitrogens is 3. The lowest BCUT2D eigenvalue weighted by molar-refractivity contribution is -0.620. The number of carbonyl (C=O) groups excluding carboxylic acids is 1. The standard InChI is InChI=1S/C11H11N3O3/c1-13-6-2-4-9(13)11(15)17-8-10-12-5-3-7-14(10)16/h2-7H,8H2,1H3. The molecule has 0 bridgehead atoms. The van der Waals surface area contributed by atoms with Crippen molar-refractivity contribution in [3.63, 3.8) is 0 Å². The van der Waals surface area contributed by atoms with Crippen LogP contribution in [-0.4, -0.2) is 15.5 Å². The predicted octanol–water partition coefficient (Wildman–Crippen LogP) is 0.410. The Hall–Kier alpha value is -2.37. The monoisotopic (exact) mass is 233 g/mol. The van der Waals surface area contributed by atoms with Crippen LogP contribution >= 0.6 is 0 Å². The van der Waals surface area contributed by atoms with Crippen molar-refractivity contribution in [2.24, 2.45) is 7.05 Å². The van der Waals surface area contributed by atoms with Gasteiger partial charge in [-0.2, -0.15) is 0 Å². The summed E-state index contributed by atoms with van der Waals surface area (Å²) in [6, 6.07) is 4.90. The minimum absolute atomic E-state index is 0.144. The topological polar surface area (TPSA) is 71.1 Å². The summed E-state index contributed by atoms with van der Waals surface area (Å²) in [5.74, 6) is -0.335. The van der Waals surface area contributed by atoms with Crippen molar-refractivity contribution in [3.05, 3.63) is 53.5 Å². The van der Waals surface area contributed by atoms with Crippen LogP contribution in [0, 0.1) is 5.21 Å². The van der Waals surface area contributed by atoms with Crippen LogP contribution < -0.4 is 4.73 Å². The van der Waals surface area contributed by atoms with Crippen molar-refractivity contribution in [1.82, 2.24) is 9.55 Å². The molecule has 0 aliphatic heterocycles. The van der Waals surface area contributed by atoms with E-state index in [1.165, 1.54) is 18.5 Å². The first kappa shape index (κ1) is 11.1. The van der Waals surface area contributed by atoms with Gasteiger partial charge in [-0.3, -0.25) is 0 Å². The molecule has 0 unspecified atom stereocenters. The van der Waals surface area contributed by atoms with Gasteiger partial charge in [-0.1, -0.05) is 0 Å². The maximum Gasteiger partial charge on any atom is 0.355 e. The SMILES string of the molecule is Cn1cccc1C(=O)OCc1nccc[n+]1[O-]. The summed E-state index contributed by atoms with van der Waals surface area (Å²) in [6.45, 7) is -0.144. The molecule has 2 heterocycles. The molecule has 0 spiro atoms. The molecule has 2 aromatic heterocycles. The van der Waals surface area contributed by atoms with Gasteiger partial charge in [0, 0.05) is 19.3 Å². The van der Waals surface area contributed by atoms with Gasteiger partial charge >= 0.3 is 11.8 Å². The first-order chi connectivity index (χ1) is 8.18. The van der Waals surface area contributed by atoms with Crippen LogP contribution in [0.1, 0.15) is 16.3 Å². The average Bonchev–Trinajstić information content (AvgIpc) is 2.74. The summed E-state index contributed by atoms with van der Waals surface area (Å²) in [6.07, 6.45) is 4.52. The van der Waals surface area contributed by atoms with Gasteiger partial charge in [0.05, 0.1) is 6.20 Å². The van der Waals surface area contributed by atoms with Gasteiger partial charge in [0.2, 0.25) is 0 Å². The fourth-order valence-electron chi connectivity index (χ4n) is 1.37. The molecule has 6 nitrogen and oxygen atoms in total. The summed E-state index contributed by atoms with van der Waals surface area (Å²) < 4.78 is 7.20. The highest BCUT2D eigenvalue weighted by Crippen LogP contribution is 2.03. The molecule has 88 valence electrons. The smallest absolute Gasteiger partial charge is 0.355 e. The number of carbonyl (C=O) groups is 1. The maximum absolute atomic E-state index is 11.6. The summed E-state index contributed by atoms with van der Waals surface area (Å²) >= 11 is 0. The Morgan fingerprint density at radius 3 is 3.06 bits per heavy atom. The van der Waals surface area contributed by atoms with E-state index in [1.807, 2.05) is 0 Å². The third kappa shape index (κ3) is 2.41. The number of ether oxygens (including phenoxy) is 1. The van der Waals surface area contributed by atoms with Gasteiger partial charge < -0.3 is 14.5 Å². The zero-order chi connectivity index (χ0) is 12.3. The second-order valence-corrected chi connectivity index (χ2v) is 3.44. The van der Waals surface area contributed by atoms with E-state index in [4.69, 9.17) is 4.74 Å². The van der Waals surface area contributed by atoms with Gasteiger partial charge in [-0.25, -0.2) is 9.52 Å². The van der Waals surface area contributed by atoms with Gasteiger partial charge in [0.15, 0.2) is 6.61 Å². The summed E-state index contributed by atoms with van der Waals surface area (Å²) in [4.78, 5) is 15.4. The Morgan fingerprint density at radius 1 is 1.59 bits per heavy atom. The van der Waals surface area contributed by atoms with E-state index in [0.717, 1.165) is 0 Å². The summed E-state index contributed by atoms with van der Waals surface area (Å²) in [5, 5.41) is 11.2. The molecular formula is C11H11N3O3. The minimum atomic E-state index is -0.483. The third-order valence-corrected chi connectivity index (χ3v) is 2.27. The lowest BCUT2D eigenvalue weighted by atomic mass is 10.4. The fraction of sp³-hybridized carbons (Fsp3) is 0.182. The molecule has 0 fully saturated rings. The maximum atomic E-state index is 11.6. The number of nitrogens with zero attached hydrogens (tertiary/aromatic N) is 3. The third-order valence-electron chi connectivity index (χ3n) is 2.27. The van der Waals surface area contributed by atoms with Gasteiger partial charge in [-0.05, 0) is 17.1 Å². The Morgan fingerprint density at radius 2 is 2.41 bits per heavy atom. The average molecular weight is 233 g/mol. The van der Waals surface area contributed by atoms with Crippen molar-refractivity contribution >= 4 is 5.97 Å². The molecular weight excluding hydrogens is 222 g/mol. The summed E-state index contributed by atoms with van der Waals surface area (Å²) in [7, 11) is 1.74. The fourth-order valence-corrected chi connectivity index (χ4v) is 1.37. The van der Waals surface area contributed by atoms with Crippen molar-refractivity contribution < 1.29 is 14.3 Å². The van der Waals surface area contributed by atoms with Crippen LogP contribution in [0.3, 0.4) is 0 Å². The lowest BCUT2D eigenvalue weighted by Gasteiger charge is -2.06. The van der Waals surface area contributed by atoms with Crippen molar-refractivity contribution in [3.8, 4) is 0 Å². The molecule has 0 radical (unpaired) electrons. The van der Waals surface area contributed by atoms with Crippen LogP contribution in [0.25, 0.3) is 0 Å². The van der Waals surface area contributed by atoms with E-state index in [0.29, 0.717) is 10.4 Å². The van der Waals surface area contributed by atoms with Crippen LogP contribution in [-0.2, 0) is 18.4 Å². The largest absolute Gasteiger partial charge is 0.711 e. The molecule has 0 N–H and O–H groups in total. The zero-order valence-corrected chi connectivity index (χ0v) is 9.24. The molecule has 0 aliphatic rings. The minimum Gasteiger partial charge on any atom is -0.711 e. The number of aryl methyl sites for hydroxylation is 1. The van der Waals surface area contributed by atoms with E-state index < -0.39 is 5.97 Å². The molecule has 0 saturated carbocycles. The van der Waals surface area contributed by atoms with Crippen molar-refractivity contribution in [2.75, 3.05) is 0 Å². The zero-order valence-electron chi connectivity index (χ0n) is 9.24.